The lowest BCUT2D eigenvalue weighted by molar-refractivity contribution is -0.137. The van der Waals surface area contributed by atoms with Crippen LogP contribution in [0.25, 0.3) is 0 Å². The Morgan fingerprint density at radius 1 is 1.30 bits per heavy atom. The third-order valence-electron chi connectivity index (χ3n) is 3.49. The standard InChI is InChI=1S/C14H26N2O4/c1-14(2,3)16(7-4-12(17)18)13(19)15-10-11-5-8-20-9-6-11/h11H,4-10H2,1-3H3,(H,15,19)(H,17,18). The maximum absolute atomic E-state index is 12.2. The number of carboxylic acid groups (broad SMARTS) is 1. The van der Waals surface area contributed by atoms with Crippen molar-refractivity contribution in [1.82, 2.24) is 10.2 Å². The third-order valence-corrected chi connectivity index (χ3v) is 3.49. The van der Waals surface area contributed by atoms with Crippen LogP contribution in [0.1, 0.15) is 40.0 Å². The molecule has 0 unspecified atom stereocenters. The predicted molar refractivity (Wildman–Crippen MR) is 75.7 cm³/mol. The number of hydrogen-bond donors (Lipinski definition) is 2. The van der Waals surface area contributed by atoms with E-state index in [-0.39, 0.29) is 19.0 Å². The normalized spacial score (nSPS) is 16.8. The molecule has 0 aromatic carbocycles. The van der Waals surface area contributed by atoms with Crippen LogP contribution in [-0.2, 0) is 9.53 Å². The first-order chi connectivity index (χ1) is 9.30. The van der Waals surface area contributed by atoms with Gasteiger partial charge in [-0.25, -0.2) is 4.79 Å². The highest BCUT2D eigenvalue weighted by Crippen LogP contribution is 2.16. The Balaban J connectivity index is 2.47. The zero-order valence-electron chi connectivity index (χ0n) is 12.6. The molecule has 1 fully saturated rings. The molecule has 0 spiro atoms. The summed E-state index contributed by atoms with van der Waals surface area (Å²) in [6.45, 7) is 8.07. The summed E-state index contributed by atoms with van der Waals surface area (Å²) in [4.78, 5) is 24.5. The van der Waals surface area contributed by atoms with E-state index in [2.05, 4.69) is 5.32 Å². The Hall–Kier alpha value is -1.30. The van der Waals surface area contributed by atoms with Crippen molar-refractivity contribution in [3.05, 3.63) is 0 Å². The molecule has 0 saturated carbocycles. The van der Waals surface area contributed by atoms with Crippen molar-refractivity contribution < 1.29 is 19.4 Å². The number of nitrogens with one attached hydrogen (secondary N) is 1. The van der Waals surface area contributed by atoms with Gasteiger partial charge in [-0.05, 0) is 39.5 Å². The Morgan fingerprint density at radius 2 is 1.90 bits per heavy atom. The van der Waals surface area contributed by atoms with E-state index in [0.29, 0.717) is 12.5 Å². The van der Waals surface area contributed by atoms with Gasteiger partial charge in [-0.2, -0.15) is 0 Å². The minimum absolute atomic E-state index is 0.0397. The summed E-state index contributed by atoms with van der Waals surface area (Å²) in [5, 5.41) is 11.7. The van der Waals surface area contributed by atoms with Crippen LogP contribution in [0.2, 0.25) is 0 Å². The van der Waals surface area contributed by atoms with E-state index >= 15 is 0 Å². The maximum Gasteiger partial charge on any atom is 0.317 e. The first-order valence-corrected chi connectivity index (χ1v) is 7.15. The molecule has 1 aliphatic rings. The molecule has 0 aliphatic carbocycles. The average molecular weight is 286 g/mol. The van der Waals surface area contributed by atoms with Crippen molar-refractivity contribution in [1.29, 1.82) is 0 Å². The molecule has 0 aromatic rings. The van der Waals surface area contributed by atoms with Crippen LogP contribution in [0, 0.1) is 5.92 Å². The van der Waals surface area contributed by atoms with Crippen LogP contribution >= 0.6 is 0 Å². The number of carbonyl (C=O) groups is 2. The highest BCUT2D eigenvalue weighted by atomic mass is 16.5. The fraction of sp³-hybridized carbons (Fsp3) is 0.857. The van der Waals surface area contributed by atoms with Crippen LogP contribution in [-0.4, -0.2) is 53.8 Å². The fourth-order valence-corrected chi connectivity index (χ4v) is 2.23. The van der Waals surface area contributed by atoms with Crippen LogP contribution in [0.4, 0.5) is 4.79 Å². The molecule has 0 aromatic heterocycles. The monoisotopic (exact) mass is 286 g/mol. The van der Waals surface area contributed by atoms with E-state index in [0.717, 1.165) is 26.1 Å². The molecule has 1 rings (SSSR count). The number of carbonyl (C=O) groups excluding carboxylic acids is 1. The largest absolute Gasteiger partial charge is 0.481 e. The quantitative estimate of drug-likeness (QED) is 0.806. The molecule has 6 heteroatoms. The van der Waals surface area contributed by atoms with E-state index < -0.39 is 11.5 Å². The maximum atomic E-state index is 12.2. The highest BCUT2D eigenvalue weighted by Gasteiger charge is 2.27. The molecule has 0 atom stereocenters. The summed E-state index contributed by atoms with van der Waals surface area (Å²) in [6.07, 6.45) is 1.89. The molecule has 2 N–H and O–H groups in total. The lowest BCUT2D eigenvalue weighted by Gasteiger charge is -2.36. The smallest absolute Gasteiger partial charge is 0.317 e. The first-order valence-electron chi connectivity index (χ1n) is 7.15. The SMILES string of the molecule is CC(C)(C)N(CCC(=O)O)C(=O)NCC1CCOCC1. The number of rotatable bonds is 5. The summed E-state index contributed by atoms with van der Waals surface area (Å²) >= 11 is 0. The minimum atomic E-state index is -0.892. The summed E-state index contributed by atoms with van der Waals surface area (Å²) in [5.41, 5.74) is -0.394. The minimum Gasteiger partial charge on any atom is -0.481 e. The van der Waals surface area contributed by atoms with E-state index in [1.54, 1.807) is 4.90 Å². The van der Waals surface area contributed by atoms with E-state index in [4.69, 9.17) is 9.84 Å². The molecule has 20 heavy (non-hydrogen) atoms. The lowest BCUT2D eigenvalue weighted by Crippen LogP contribution is -2.52. The number of ether oxygens (including phenoxy) is 1. The first kappa shape index (κ1) is 16.8. The van der Waals surface area contributed by atoms with Crippen molar-refractivity contribution in [2.75, 3.05) is 26.3 Å². The third kappa shape index (κ3) is 5.77. The number of urea groups is 1. The number of nitrogens with zero attached hydrogens (tertiary/aromatic N) is 1. The van der Waals surface area contributed by atoms with Gasteiger partial charge in [0.1, 0.15) is 0 Å². The fourth-order valence-electron chi connectivity index (χ4n) is 2.23. The molecule has 1 saturated heterocycles. The van der Waals surface area contributed by atoms with Gasteiger partial charge in [0.25, 0.3) is 0 Å². The van der Waals surface area contributed by atoms with Crippen molar-refractivity contribution >= 4 is 12.0 Å². The molecular weight excluding hydrogens is 260 g/mol. The van der Waals surface area contributed by atoms with Crippen LogP contribution in [0.5, 0.6) is 0 Å². The lowest BCUT2D eigenvalue weighted by atomic mass is 10.0. The highest BCUT2D eigenvalue weighted by molar-refractivity contribution is 5.76. The van der Waals surface area contributed by atoms with Gasteiger partial charge in [-0.3, -0.25) is 4.79 Å². The van der Waals surface area contributed by atoms with E-state index in [1.165, 1.54) is 0 Å². The van der Waals surface area contributed by atoms with Crippen molar-refractivity contribution in [3.8, 4) is 0 Å². The molecule has 0 radical (unpaired) electrons. The number of aliphatic carboxylic acids is 1. The number of carboxylic acids is 1. The summed E-state index contributed by atoms with van der Waals surface area (Å²) in [5.74, 6) is -0.439. The van der Waals surface area contributed by atoms with Crippen molar-refractivity contribution in [3.63, 3.8) is 0 Å². The van der Waals surface area contributed by atoms with Crippen LogP contribution in [0.3, 0.4) is 0 Å². The predicted octanol–water partition coefficient (Wildman–Crippen LogP) is 1.70. The van der Waals surface area contributed by atoms with E-state index in [1.807, 2.05) is 20.8 Å². The second-order valence-electron chi connectivity index (χ2n) is 6.21. The Kier molecular flexibility index (Phi) is 6.26. The van der Waals surface area contributed by atoms with Gasteiger partial charge in [-0.15, -0.1) is 0 Å². The van der Waals surface area contributed by atoms with Crippen LogP contribution in [0.15, 0.2) is 0 Å². The molecule has 0 bridgehead atoms. The Morgan fingerprint density at radius 3 is 2.40 bits per heavy atom. The second kappa shape index (κ2) is 7.47. The van der Waals surface area contributed by atoms with Gasteiger partial charge in [0.05, 0.1) is 6.42 Å². The Labute approximate surface area is 120 Å². The van der Waals surface area contributed by atoms with E-state index in [9.17, 15) is 9.59 Å². The van der Waals surface area contributed by atoms with Crippen LogP contribution < -0.4 is 5.32 Å². The van der Waals surface area contributed by atoms with Crippen molar-refractivity contribution in [2.45, 2.75) is 45.6 Å². The molecule has 6 nitrogen and oxygen atoms in total. The van der Waals surface area contributed by atoms with Gasteiger partial charge in [0, 0.05) is 31.8 Å². The van der Waals surface area contributed by atoms with Gasteiger partial charge in [-0.1, -0.05) is 0 Å². The molecular formula is C14H26N2O4. The zero-order valence-corrected chi connectivity index (χ0v) is 12.6. The molecule has 116 valence electrons. The Bertz CT molecular complexity index is 333. The summed E-state index contributed by atoms with van der Waals surface area (Å²) in [7, 11) is 0. The van der Waals surface area contributed by atoms with Gasteiger partial charge >= 0.3 is 12.0 Å². The van der Waals surface area contributed by atoms with Crippen molar-refractivity contribution in [2.24, 2.45) is 5.92 Å². The molecule has 2 amide bonds. The summed E-state index contributed by atoms with van der Waals surface area (Å²) < 4.78 is 5.28. The average Bonchev–Trinajstić information content (AvgIpc) is 2.35. The topological polar surface area (TPSA) is 78.9 Å². The van der Waals surface area contributed by atoms with Gasteiger partial charge in [0.2, 0.25) is 0 Å². The van der Waals surface area contributed by atoms with Gasteiger partial charge < -0.3 is 20.1 Å². The second-order valence-corrected chi connectivity index (χ2v) is 6.21. The molecule has 1 heterocycles. The zero-order chi connectivity index (χ0) is 15.2. The number of hydrogen-bond acceptors (Lipinski definition) is 3. The summed E-state index contributed by atoms with van der Waals surface area (Å²) in [6, 6.07) is -0.190. The molecule has 1 aliphatic heterocycles. The van der Waals surface area contributed by atoms with Gasteiger partial charge in [0.15, 0.2) is 0 Å². The number of amides is 2.